The van der Waals surface area contributed by atoms with Gasteiger partial charge in [0.25, 0.3) is 0 Å². The van der Waals surface area contributed by atoms with Crippen molar-refractivity contribution in [2.75, 3.05) is 13.2 Å². The highest BCUT2D eigenvalue weighted by Gasteiger charge is 2.46. The normalized spacial score (nSPS) is 31.7. The van der Waals surface area contributed by atoms with E-state index in [2.05, 4.69) is 42.6 Å². The molecule has 3 unspecified atom stereocenters. The summed E-state index contributed by atoms with van der Waals surface area (Å²) in [7, 11) is 0. The van der Waals surface area contributed by atoms with Crippen molar-refractivity contribution in [2.45, 2.75) is 43.7 Å². The fourth-order valence-corrected chi connectivity index (χ4v) is 4.55. The van der Waals surface area contributed by atoms with Crippen LogP contribution in [0.25, 0.3) is 0 Å². The zero-order chi connectivity index (χ0) is 16.6. The third-order valence-corrected chi connectivity index (χ3v) is 5.66. The minimum absolute atomic E-state index is 0.198. The SMILES string of the molecule is CCOC12C=CC=CC1NCC1=C2CC(c2ccccc2O)CC1. The number of para-hydroxylation sites is 1. The first-order valence-electron chi connectivity index (χ1n) is 8.97. The Morgan fingerprint density at radius 2 is 2.17 bits per heavy atom. The molecule has 0 radical (unpaired) electrons. The summed E-state index contributed by atoms with van der Waals surface area (Å²) in [6, 6.07) is 7.97. The molecule has 3 aliphatic rings. The molecule has 0 aromatic heterocycles. The second-order valence-corrected chi connectivity index (χ2v) is 6.91. The molecule has 1 heterocycles. The summed E-state index contributed by atoms with van der Waals surface area (Å²) < 4.78 is 6.34. The second-order valence-electron chi connectivity index (χ2n) is 6.91. The molecule has 4 rings (SSSR count). The fourth-order valence-electron chi connectivity index (χ4n) is 4.55. The van der Waals surface area contributed by atoms with Crippen LogP contribution in [0.2, 0.25) is 0 Å². The van der Waals surface area contributed by atoms with Gasteiger partial charge in [-0.3, -0.25) is 0 Å². The van der Waals surface area contributed by atoms with Crippen LogP contribution in [0.15, 0.2) is 59.7 Å². The summed E-state index contributed by atoms with van der Waals surface area (Å²) in [5.41, 5.74) is 3.63. The van der Waals surface area contributed by atoms with Crippen LogP contribution in [-0.2, 0) is 4.74 Å². The van der Waals surface area contributed by atoms with Gasteiger partial charge in [0, 0.05) is 13.2 Å². The van der Waals surface area contributed by atoms with E-state index in [0.717, 1.165) is 31.4 Å². The van der Waals surface area contributed by atoms with Crippen LogP contribution in [0.4, 0.5) is 0 Å². The van der Waals surface area contributed by atoms with Gasteiger partial charge in [-0.1, -0.05) is 42.0 Å². The average molecular weight is 323 g/mol. The van der Waals surface area contributed by atoms with Crippen molar-refractivity contribution in [3.63, 3.8) is 0 Å². The molecule has 0 bridgehead atoms. The van der Waals surface area contributed by atoms with E-state index < -0.39 is 0 Å². The lowest BCUT2D eigenvalue weighted by Crippen LogP contribution is -2.57. The average Bonchev–Trinajstić information content (AvgIpc) is 2.62. The molecule has 2 N–H and O–H groups in total. The van der Waals surface area contributed by atoms with Crippen LogP contribution >= 0.6 is 0 Å². The molecule has 1 aromatic rings. The van der Waals surface area contributed by atoms with Gasteiger partial charge in [-0.2, -0.15) is 0 Å². The van der Waals surface area contributed by atoms with Gasteiger partial charge >= 0.3 is 0 Å². The van der Waals surface area contributed by atoms with Gasteiger partial charge in [0.1, 0.15) is 11.4 Å². The number of allylic oxidation sites excluding steroid dienone is 2. The third kappa shape index (κ3) is 2.43. The van der Waals surface area contributed by atoms with Crippen molar-refractivity contribution >= 4 is 0 Å². The van der Waals surface area contributed by atoms with Crippen molar-refractivity contribution in [3.05, 3.63) is 65.3 Å². The Kier molecular flexibility index (Phi) is 4.07. The zero-order valence-electron chi connectivity index (χ0n) is 14.2. The Morgan fingerprint density at radius 1 is 1.29 bits per heavy atom. The van der Waals surface area contributed by atoms with Crippen LogP contribution in [0.3, 0.4) is 0 Å². The molecule has 2 aliphatic carbocycles. The number of nitrogens with one attached hydrogen (secondary N) is 1. The number of phenols is 1. The van der Waals surface area contributed by atoms with Crippen LogP contribution in [0, 0.1) is 0 Å². The highest BCUT2D eigenvalue weighted by atomic mass is 16.5. The number of aromatic hydroxyl groups is 1. The van der Waals surface area contributed by atoms with Crippen molar-refractivity contribution in [3.8, 4) is 5.75 Å². The van der Waals surface area contributed by atoms with E-state index >= 15 is 0 Å². The molecule has 3 heteroatoms. The quantitative estimate of drug-likeness (QED) is 0.831. The highest BCUT2D eigenvalue weighted by Crippen LogP contribution is 2.47. The monoisotopic (exact) mass is 323 g/mol. The molecule has 3 atom stereocenters. The third-order valence-electron chi connectivity index (χ3n) is 5.66. The lowest BCUT2D eigenvalue weighted by molar-refractivity contribution is -0.000378. The Hall–Kier alpha value is -1.84. The van der Waals surface area contributed by atoms with E-state index in [-0.39, 0.29) is 11.6 Å². The first kappa shape index (κ1) is 15.7. The molecular formula is C21H25NO2. The minimum atomic E-state index is -0.361. The van der Waals surface area contributed by atoms with Gasteiger partial charge in [0.15, 0.2) is 0 Å². The van der Waals surface area contributed by atoms with E-state index in [9.17, 15) is 5.11 Å². The predicted octanol–water partition coefficient (Wildman–Crippen LogP) is 3.83. The summed E-state index contributed by atoms with van der Waals surface area (Å²) in [6.45, 7) is 3.70. The maximum absolute atomic E-state index is 10.3. The molecule has 1 aromatic carbocycles. The summed E-state index contributed by atoms with van der Waals surface area (Å²) in [5, 5.41) is 13.9. The van der Waals surface area contributed by atoms with Crippen molar-refractivity contribution in [1.82, 2.24) is 5.32 Å². The van der Waals surface area contributed by atoms with Crippen LogP contribution in [-0.4, -0.2) is 29.9 Å². The number of hydrogen-bond acceptors (Lipinski definition) is 3. The van der Waals surface area contributed by atoms with E-state index in [1.165, 1.54) is 11.1 Å². The van der Waals surface area contributed by atoms with Gasteiger partial charge in [0.2, 0.25) is 0 Å². The molecule has 0 fully saturated rings. The van der Waals surface area contributed by atoms with E-state index in [1.807, 2.05) is 12.1 Å². The molecule has 3 nitrogen and oxygen atoms in total. The molecule has 0 spiro atoms. The maximum atomic E-state index is 10.3. The van der Waals surface area contributed by atoms with Crippen molar-refractivity contribution in [1.29, 1.82) is 0 Å². The Balaban J connectivity index is 1.72. The Labute approximate surface area is 143 Å². The minimum Gasteiger partial charge on any atom is -0.508 e. The van der Waals surface area contributed by atoms with E-state index in [1.54, 1.807) is 6.07 Å². The van der Waals surface area contributed by atoms with Gasteiger partial charge in [-0.05, 0) is 55.4 Å². The summed E-state index contributed by atoms with van der Waals surface area (Å²) >= 11 is 0. The molecule has 126 valence electrons. The first-order chi connectivity index (χ1) is 11.7. The van der Waals surface area contributed by atoms with E-state index in [4.69, 9.17) is 4.74 Å². The fraction of sp³-hybridized carbons (Fsp3) is 0.429. The molecule has 0 saturated heterocycles. The summed E-state index contributed by atoms with van der Waals surface area (Å²) in [6.07, 6.45) is 11.8. The first-order valence-corrected chi connectivity index (χ1v) is 8.97. The highest BCUT2D eigenvalue weighted by molar-refractivity contribution is 5.46. The Morgan fingerprint density at radius 3 is 3.00 bits per heavy atom. The number of hydrogen-bond donors (Lipinski definition) is 2. The molecule has 24 heavy (non-hydrogen) atoms. The van der Waals surface area contributed by atoms with Gasteiger partial charge in [0.05, 0.1) is 6.04 Å². The lowest BCUT2D eigenvalue weighted by atomic mass is 9.68. The molecule has 1 aliphatic heterocycles. The second kappa shape index (κ2) is 6.23. The topological polar surface area (TPSA) is 41.5 Å². The van der Waals surface area contributed by atoms with Crippen LogP contribution < -0.4 is 5.32 Å². The molecule has 0 amide bonds. The number of fused-ring (bicyclic) bond motifs is 2. The molecular weight excluding hydrogens is 298 g/mol. The maximum Gasteiger partial charge on any atom is 0.127 e. The largest absolute Gasteiger partial charge is 0.508 e. The smallest absolute Gasteiger partial charge is 0.127 e. The molecule has 0 saturated carbocycles. The van der Waals surface area contributed by atoms with Crippen molar-refractivity contribution in [2.24, 2.45) is 0 Å². The van der Waals surface area contributed by atoms with Gasteiger partial charge in [-0.15, -0.1) is 0 Å². The summed E-state index contributed by atoms with van der Waals surface area (Å²) in [4.78, 5) is 0. The standard InChI is InChI=1S/C21H25NO2/c1-2-24-21-12-6-5-9-20(21)22-14-16-11-10-15(13-18(16)21)17-7-3-4-8-19(17)23/h3-9,12,15,20,22-23H,2,10-11,13-14H2,1H3. The van der Waals surface area contributed by atoms with E-state index in [0.29, 0.717) is 18.3 Å². The Bertz CT molecular complexity index is 718. The van der Waals surface area contributed by atoms with Crippen LogP contribution in [0.1, 0.15) is 37.7 Å². The number of benzene rings is 1. The zero-order valence-corrected chi connectivity index (χ0v) is 14.2. The van der Waals surface area contributed by atoms with Gasteiger partial charge < -0.3 is 15.2 Å². The summed E-state index contributed by atoms with van der Waals surface area (Å²) in [5.74, 6) is 0.780. The lowest BCUT2D eigenvalue weighted by Gasteiger charge is -2.48. The van der Waals surface area contributed by atoms with Crippen LogP contribution in [0.5, 0.6) is 5.75 Å². The predicted molar refractivity (Wildman–Crippen MR) is 96.2 cm³/mol. The number of phenolic OH excluding ortho intramolecular Hbond substituents is 1. The van der Waals surface area contributed by atoms with Gasteiger partial charge in [-0.25, -0.2) is 0 Å². The number of rotatable bonds is 3. The number of ether oxygens (including phenoxy) is 1. The van der Waals surface area contributed by atoms with Crippen molar-refractivity contribution < 1.29 is 9.84 Å².